The second-order valence-electron chi connectivity index (χ2n) is 7.06. The first kappa shape index (κ1) is 23.2. The highest BCUT2D eigenvalue weighted by Crippen LogP contribution is 2.30. The van der Waals surface area contributed by atoms with Gasteiger partial charge in [-0.1, -0.05) is 26.0 Å². The second kappa shape index (κ2) is 10.2. The summed E-state index contributed by atoms with van der Waals surface area (Å²) < 4.78 is 56.0. The average Bonchev–Trinajstić information content (AvgIpc) is 2.76. The predicted octanol–water partition coefficient (Wildman–Crippen LogP) is 3.40. The van der Waals surface area contributed by atoms with Crippen molar-refractivity contribution in [2.45, 2.75) is 44.8 Å². The number of rotatable bonds is 9. The zero-order valence-corrected chi connectivity index (χ0v) is 18.4. The van der Waals surface area contributed by atoms with Crippen LogP contribution < -0.4 is 4.74 Å². The summed E-state index contributed by atoms with van der Waals surface area (Å²) in [6.07, 6.45) is 0.514. The molecule has 0 radical (unpaired) electrons. The molecule has 0 amide bonds. The fourth-order valence-corrected chi connectivity index (χ4v) is 4.84. The van der Waals surface area contributed by atoms with Crippen LogP contribution in [0, 0.1) is 5.82 Å². The van der Waals surface area contributed by atoms with Gasteiger partial charge in [0, 0.05) is 30.6 Å². The van der Waals surface area contributed by atoms with Crippen LogP contribution in [-0.2, 0) is 43.9 Å². The quantitative estimate of drug-likeness (QED) is 0.544. The Morgan fingerprint density at radius 3 is 2.55 bits per heavy atom. The maximum atomic E-state index is 13.8. The van der Waals surface area contributed by atoms with Gasteiger partial charge in [-0.15, -0.1) is 0 Å². The molecule has 3 rings (SSSR count). The van der Waals surface area contributed by atoms with Crippen molar-refractivity contribution in [1.82, 2.24) is 4.31 Å². The van der Waals surface area contributed by atoms with E-state index in [9.17, 15) is 17.6 Å². The minimum atomic E-state index is -3.51. The molecule has 31 heavy (non-hydrogen) atoms. The number of aryl methyl sites for hydroxylation is 1. The zero-order valence-electron chi connectivity index (χ0n) is 17.6. The number of hydrogen-bond acceptors (Lipinski definition) is 6. The molecule has 0 saturated carbocycles. The highest BCUT2D eigenvalue weighted by atomic mass is 32.2. The van der Waals surface area contributed by atoms with Crippen molar-refractivity contribution in [2.75, 3.05) is 19.9 Å². The van der Waals surface area contributed by atoms with Crippen LogP contribution in [-0.4, -0.2) is 38.6 Å². The highest BCUT2D eigenvalue weighted by Gasteiger charge is 2.21. The minimum Gasteiger partial charge on any atom is -0.467 e. The van der Waals surface area contributed by atoms with Gasteiger partial charge in [0.15, 0.2) is 6.79 Å². The molecule has 0 aromatic heterocycles. The monoisotopic (exact) mass is 451 g/mol. The van der Waals surface area contributed by atoms with Gasteiger partial charge in [0.1, 0.15) is 18.2 Å². The summed E-state index contributed by atoms with van der Waals surface area (Å²) in [6.45, 7) is 4.60. The van der Waals surface area contributed by atoms with Crippen LogP contribution in [0.15, 0.2) is 41.3 Å². The summed E-state index contributed by atoms with van der Waals surface area (Å²) in [5, 5.41) is 0. The molecule has 0 saturated heterocycles. The lowest BCUT2D eigenvalue weighted by atomic mass is 10.1. The topological polar surface area (TPSA) is 82.1 Å². The number of nitrogens with zero attached hydrogens (tertiary/aromatic N) is 1. The first-order valence-corrected chi connectivity index (χ1v) is 11.6. The second-order valence-corrected chi connectivity index (χ2v) is 9.00. The number of carbonyl (C=O) groups excluding carboxylic acids is 1. The third-order valence-corrected chi connectivity index (χ3v) is 7.09. The van der Waals surface area contributed by atoms with Crippen LogP contribution in [0.25, 0.3) is 0 Å². The number of esters is 1. The van der Waals surface area contributed by atoms with Crippen LogP contribution in [0.2, 0.25) is 0 Å². The summed E-state index contributed by atoms with van der Waals surface area (Å²) in [5.41, 5.74) is 1.86. The van der Waals surface area contributed by atoms with E-state index in [0.29, 0.717) is 36.4 Å². The van der Waals surface area contributed by atoms with Gasteiger partial charge >= 0.3 is 5.97 Å². The number of carbonyl (C=O) groups is 1. The van der Waals surface area contributed by atoms with Crippen LogP contribution in [0.4, 0.5) is 4.39 Å². The van der Waals surface area contributed by atoms with E-state index >= 15 is 0 Å². The van der Waals surface area contributed by atoms with E-state index in [1.807, 2.05) is 0 Å². The molecule has 0 atom stereocenters. The fourth-order valence-electron chi connectivity index (χ4n) is 3.38. The highest BCUT2D eigenvalue weighted by molar-refractivity contribution is 7.89. The number of hydrogen-bond donors (Lipinski definition) is 0. The van der Waals surface area contributed by atoms with E-state index in [2.05, 4.69) is 0 Å². The molecule has 7 nitrogen and oxygen atoms in total. The van der Waals surface area contributed by atoms with Gasteiger partial charge in [0.05, 0.1) is 11.5 Å². The van der Waals surface area contributed by atoms with Crippen LogP contribution >= 0.6 is 0 Å². The Bertz CT molecular complexity index is 1020. The first-order valence-electron chi connectivity index (χ1n) is 10.1. The van der Waals surface area contributed by atoms with Crippen molar-refractivity contribution in [3.05, 3.63) is 58.9 Å². The minimum absolute atomic E-state index is 0.0690. The molecule has 0 N–H and O–H groups in total. The summed E-state index contributed by atoms with van der Waals surface area (Å²) in [7, 11) is -3.51. The molecule has 1 aliphatic heterocycles. The Hall–Kier alpha value is -2.49. The van der Waals surface area contributed by atoms with E-state index in [4.69, 9.17) is 14.2 Å². The molecule has 2 aromatic carbocycles. The Morgan fingerprint density at radius 2 is 1.87 bits per heavy atom. The average molecular weight is 452 g/mol. The first-order chi connectivity index (χ1) is 14.8. The van der Waals surface area contributed by atoms with Gasteiger partial charge in [-0.25, -0.2) is 12.8 Å². The molecule has 1 aliphatic rings. The van der Waals surface area contributed by atoms with Crippen molar-refractivity contribution in [3.63, 3.8) is 0 Å². The summed E-state index contributed by atoms with van der Waals surface area (Å²) in [6, 6.07) is 9.11. The fraction of sp³-hybridized carbons (Fsp3) is 0.409. The molecule has 1 heterocycles. The van der Waals surface area contributed by atoms with Crippen molar-refractivity contribution in [1.29, 1.82) is 0 Å². The molecule has 0 fully saturated rings. The number of ether oxygens (including phenoxy) is 3. The van der Waals surface area contributed by atoms with Crippen molar-refractivity contribution in [3.8, 4) is 5.75 Å². The van der Waals surface area contributed by atoms with Crippen molar-refractivity contribution >= 4 is 16.0 Å². The third kappa shape index (κ3) is 5.61. The Balaban J connectivity index is 1.55. The molecule has 0 spiro atoms. The lowest BCUT2D eigenvalue weighted by molar-refractivity contribution is -0.145. The Morgan fingerprint density at radius 1 is 1.16 bits per heavy atom. The number of halogens is 1. The Labute approximate surface area is 181 Å². The van der Waals surface area contributed by atoms with Crippen LogP contribution in [0.3, 0.4) is 0 Å². The van der Waals surface area contributed by atoms with Crippen LogP contribution in [0.5, 0.6) is 5.75 Å². The largest absolute Gasteiger partial charge is 0.467 e. The SMILES string of the molecule is CCN(CC)S(=O)(=O)c1ccc(CCC(=O)OCc2cc(F)cc3c2OCOC3)cc1. The maximum Gasteiger partial charge on any atom is 0.306 e. The van der Waals surface area contributed by atoms with Gasteiger partial charge in [0.2, 0.25) is 10.0 Å². The van der Waals surface area contributed by atoms with Crippen LogP contribution in [0.1, 0.15) is 37.0 Å². The summed E-state index contributed by atoms with van der Waals surface area (Å²) in [5.74, 6) is -0.394. The summed E-state index contributed by atoms with van der Waals surface area (Å²) >= 11 is 0. The standard InChI is InChI=1S/C22H26FNO6S/c1-3-24(4-2)31(26,27)20-8-5-16(6-9-20)7-10-21(25)29-14-18-12-19(23)11-17-13-28-15-30-22(17)18/h5-6,8-9,11-12H,3-4,7,10,13-15H2,1-2H3. The molecule has 0 unspecified atom stereocenters. The number of sulfonamides is 1. The molecule has 168 valence electrons. The number of fused-ring (bicyclic) bond motifs is 1. The van der Waals surface area contributed by atoms with Gasteiger partial charge in [0.25, 0.3) is 0 Å². The molecular formula is C22H26FNO6S. The Kier molecular flexibility index (Phi) is 7.64. The van der Waals surface area contributed by atoms with Crippen molar-refractivity contribution in [2.24, 2.45) is 0 Å². The van der Waals surface area contributed by atoms with E-state index in [1.165, 1.54) is 16.4 Å². The molecular weight excluding hydrogens is 425 g/mol. The molecule has 9 heteroatoms. The predicted molar refractivity (Wildman–Crippen MR) is 111 cm³/mol. The van der Waals surface area contributed by atoms with E-state index in [0.717, 1.165) is 5.56 Å². The molecule has 0 bridgehead atoms. The number of benzene rings is 2. The van der Waals surface area contributed by atoms with E-state index in [-0.39, 0.29) is 31.3 Å². The van der Waals surface area contributed by atoms with Crippen molar-refractivity contribution < 1.29 is 31.8 Å². The van der Waals surface area contributed by atoms with Gasteiger partial charge in [-0.05, 0) is 36.2 Å². The molecule has 0 aliphatic carbocycles. The van der Waals surface area contributed by atoms with Gasteiger partial charge in [-0.3, -0.25) is 4.79 Å². The lowest BCUT2D eigenvalue weighted by Crippen LogP contribution is -2.30. The third-order valence-electron chi connectivity index (χ3n) is 5.02. The smallest absolute Gasteiger partial charge is 0.306 e. The van der Waals surface area contributed by atoms with Gasteiger partial charge in [-0.2, -0.15) is 4.31 Å². The maximum absolute atomic E-state index is 13.8. The van der Waals surface area contributed by atoms with E-state index < -0.39 is 21.8 Å². The normalized spacial score (nSPS) is 13.5. The van der Waals surface area contributed by atoms with E-state index in [1.54, 1.807) is 38.1 Å². The molecule has 2 aromatic rings. The lowest BCUT2D eigenvalue weighted by Gasteiger charge is -2.20. The summed E-state index contributed by atoms with van der Waals surface area (Å²) in [4.78, 5) is 12.4. The zero-order chi connectivity index (χ0) is 22.4. The van der Waals surface area contributed by atoms with Gasteiger partial charge < -0.3 is 14.2 Å².